The van der Waals surface area contributed by atoms with Crippen molar-refractivity contribution in [3.63, 3.8) is 0 Å². The standard InChI is InChI=1S/C21H24FN7O3/c1-23-18-9-17(25-15-7-13(22)8-16-19(15)32-6-5-31-16)26-20-14(10-24-29(18)20)21(30)27-28(2)11-12-3-4-12/h7-10,12,23H,3-6,11H2,1-2H3,(H,25,26)(H,27,30). The second kappa shape index (κ2) is 8.15. The first-order valence-electron chi connectivity index (χ1n) is 10.5. The molecule has 0 spiro atoms. The number of halogens is 1. The number of hydrogen-bond donors (Lipinski definition) is 3. The van der Waals surface area contributed by atoms with Gasteiger partial charge in [-0.3, -0.25) is 10.2 Å². The lowest BCUT2D eigenvalue weighted by Gasteiger charge is -2.21. The van der Waals surface area contributed by atoms with Gasteiger partial charge in [-0.2, -0.15) is 9.61 Å². The van der Waals surface area contributed by atoms with E-state index in [0.717, 1.165) is 6.54 Å². The Morgan fingerprint density at radius 1 is 1.28 bits per heavy atom. The third-order valence-corrected chi connectivity index (χ3v) is 5.36. The molecule has 1 amide bonds. The van der Waals surface area contributed by atoms with Gasteiger partial charge in [-0.05, 0) is 18.8 Å². The highest BCUT2D eigenvalue weighted by molar-refractivity contribution is 5.99. The number of anilines is 3. The number of ether oxygens (including phenoxy) is 2. The summed E-state index contributed by atoms with van der Waals surface area (Å²) in [5.74, 6) is 1.62. The lowest BCUT2D eigenvalue weighted by molar-refractivity contribution is 0.0824. The van der Waals surface area contributed by atoms with Crippen LogP contribution in [0.25, 0.3) is 5.65 Å². The van der Waals surface area contributed by atoms with E-state index in [4.69, 9.17) is 9.47 Å². The van der Waals surface area contributed by atoms with E-state index in [1.807, 2.05) is 7.05 Å². The quantitative estimate of drug-likeness (QED) is 0.480. The first-order chi connectivity index (χ1) is 15.5. The zero-order valence-corrected chi connectivity index (χ0v) is 17.8. The molecule has 1 aliphatic heterocycles. The van der Waals surface area contributed by atoms with Gasteiger partial charge in [0.25, 0.3) is 5.91 Å². The summed E-state index contributed by atoms with van der Waals surface area (Å²) in [6.07, 6.45) is 3.86. The predicted octanol–water partition coefficient (Wildman–Crippen LogP) is 2.41. The number of nitrogens with zero attached hydrogens (tertiary/aromatic N) is 4. The molecule has 10 nitrogen and oxygen atoms in total. The van der Waals surface area contributed by atoms with Gasteiger partial charge < -0.3 is 20.1 Å². The summed E-state index contributed by atoms with van der Waals surface area (Å²) in [6.45, 7) is 1.52. The highest BCUT2D eigenvalue weighted by atomic mass is 19.1. The minimum absolute atomic E-state index is 0.297. The van der Waals surface area contributed by atoms with E-state index in [1.54, 1.807) is 22.6 Å². The van der Waals surface area contributed by atoms with Gasteiger partial charge in [0.1, 0.15) is 36.2 Å². The van der Waals surface area contributed by atoms with Crippen LogP contribution in [0.2, 0.25) is 0 Å². The molecule has 0 bridgehead atoms. The van der Waals surface area contributed by atoms with Crippen molar-refractivity contribution >= 4 is 28.9 Å². The molecule has 0 saturated heterocycles. The maximum absolute atomic E-state index is 14.1. The zero-order chi connectivity index (χ0) is 22.2. The van der Waals surface area contributed by atoms with E-state index in [0.29, 0.717) is 59.2 Å². The largest absolute Gasteiger partial charge is 0.486 e. The molecule has 3 aromatic rings. The van der Waals surface area contributed by atoms with Gasteiger partial charge in [-0.15, -0.1) is 0 Å². The Bertz CT molecular complexity index is 1180. The lowest BCUT2D eigenvalue weighted by Crippen LogP contribution is -2.40. The smallest absolute Gasteiger partial charge is 0.271 e. The van der Waals surface area contributed by atoms with Gasteiger partial charge in [0.2, 0.25) is 0 Å². The number of carbonyl (C=O) groups excluding carboxylic acids is 1. The molecule has 5 rings (SSSR count). The monoisotopic (exact) mass is 441 g/mol. The van der Waals surface area contributed by atoms with Crippen LogP contribution in [0.5, 0.6) is 11.5 Å². The van der Waals surface area contributed by atoms with Crippen LogP contribution in [0.4, 0.5) is 21.7 Å². The Balaban J connectivity index is 1.47. The average molecular weight is 441 g/mol. The second-order valence-electron chi connectivity index (χ2n) is 7.94. The van der Waals surface area contributed by atoms with Crippen molar-refractivity contribution in [3.8, 4) is 11.5 Å². The third-order valence-electron chi connectivity index (χ3n) is 5.36. The molecule has 0 unspecified atom stereocenters. The maximum Gasteiger partial charge on any atom is 0.271 e. The summed E-state index contributed by atoms with van der Waals surface area (Å²) < 4.78 is 26.8. The van der Waals surface area contributed by atoms with Gasteiger partial charge in [-0.25, -0.2) is 14.4 Å². The highest BCUT2D eigenvalue weighted by Gasteiger charge is 2.25. The number of aromatic nitrogens is 3. The topological polar surface area (TPSA) is 105 Å². The van der Waals surface area contributed by atoms with Gasteiger partial charge in [0, 0.05) is 38.8 Å². The Labute approximate surface area is 183 Å². The van der Waals surface area contributed by atoms with Gasteiger partial charge in [0.15, 0.2) is 17.1 Å². The number of carbonyl (C=O) groups is 1. The zero-order valence-electron chi connectivity index (χ0n) is 17.8. The fraction of sp³-hybridized carbons (Fsp3) is 0.381. The van der Waals surface area contributed by atoms with Crippen molar-refractivity contribution in [2.75, 3.05) is 44.5 Å². The molecule has 1 saturated carbocycles. The molecule has 1 fully saturated rings. The number of rotatable bonds is 7. The van der Waals surface area contributed by atoms with Crippen LogP contribution < -0.4 is 25.5 Å². The first kappa shape index (κ1) is 20.3. The number of benzene rings is 1. The molecule has 1 aromatic carbocycles. The van der Waals surface area contributed by atoms with E-state index in [2.05, 4.69) is 26.1 Å². The molecule has 2 aliphatic rings. The molecule has 11 heteroatoms. The van der Waals surface area contributed by atoms with Crippen LogP contribution in [0.1, 0.15) is 23.2 Å². The van der Waals surface area contributed by atoms with Crippen molar-refractivity contribution < 1.29 is 18.7 Å². The fourth-order valence-electron chi connectivity index (χ4n) is 3.68. The molecule has 3 N–H and O–H groups in total. The first-order valence-corrected chi connectivity index (χ1v) is 10.5. The van der Waals surface area contributed by atoms with Gasteiger partial charge in [-0.1, -0.05) is 0 Å². The summed E-state index contributed by atoms with van der Waals surface area (Å²) in [6, 6.07) is 4.31. The van der Waals surface area contributed by atoms with E-state index < -0.39 is 5.82 Å². The molecular weight excluding hydrogens is 417 g/mol. The van der Waals surface area contributed by atoms with E-state index >= 15 is 0 Å². The lowest BCUT2D eigenvalue weighted by atomic mass is 10.2. The number of hydrogen-bond acceptors (Lipinski definition) is 8. The minimum Gasteiger partial charge on any atom is -0.486 e. The number of hydrazine groups is 1. The van der Waals surface area contributed by atoms with E-state index in [9.17, 15) is 9.18 Å². The predicted molar refractivity (Wildman–Crippen MR) is 116 cm³/mol. The van der Waals surface area contributed by atoms with Gasteiger partial charge in [0.05, 0.1) is 11.9 Å². The number of fused-ring (bicyclic) bond motifs is 2. The minimum atomic E-state index is -0.463. The molecule has 0 radical (unpaired) electrons. The summed E-state index contributed by atoms with van der Waals surface area (Å²) in [5.41, 5.74) is 3.95. The van der Waals surface area contributed by atoms with Crippen molar-refractivity contribution in [2.24, 2.45) is 5.92 Å². The fourth-order valence-corrected chi connectivity index (χ4v) is 3.68. The summed E-state index contributed by atoms with van der Waals surface area (Å²) in [5, 5.41) is 12.2. The summed E-state index contributed by atoms with van der Waals surface area (Å²) in [7, 11) is 3.58. The summed E-state index contributed by atoms with van der Waals surface area (Å²) in [4.78, 5) is 17.4. The maximum atomic E-state index is 14.1. The molecular formula is C21H24FN7O3. The Morgan fingerprint density at radius 3 is 2.88 bits per heavy atom. The van der Waals surface area contributed by atoms with Crippen molar-refractivity contribution in [2.45, 2.75) is 12.8 Å². The third kappa shape index (κ3) is 3.98. The number of amides is 1. The van der Waals surface area contributed by atoms with Crippen LogP contribution in [0.3, 0.4) is 0 Å². The van der Waals surface area contributed by atoms with Crippen LogP contribution in [-0.2, 0) is 0 Å². The number of nitrogens with one attached hydrogen (secondary N) is 3. The van der Waals surface area contributed by atoms with Crippen LogP contribution in [-0.4, -0.2) is 59.4 Å². The Morgan fingerprint density at radius 2 is 2.09 bits per heavy atom. The molecule has 32 heavy (non-hydrogen) atoms. The Hall–Kier alpha value is -3.60. The summed E-state index contributed by atoms with van der Waals surface area (Å²) >= 11 is 0. The molecule has 0 atom stereocenters. The SMILES string of the molecule is CNc1cc(Nc2cc(F)cc3c2OCCO3)nc2c(C(=O)NN(C)CC3CC3)cnn12. The Kier molecular flexibility index (Phi) is 5.17. The average Bonchev–Trinajstić information content (AvgIpc) is 3.47. The second-order valence-corrected chi connectivity index (χ2v) is 7.94. The molecule has 168 valence electrons. The van der Waals surface area contributed by atoms with E-state index in [-0.39, 0.29) is 5.91 Å². The van der Waals surface area contributed by atoms with Gasteiger partial charge >= 0.3 is 0 Å². The highest BCUT2D eigenvalue weighted by Crippen LogP contribution is 2.40. The molecule has 3 heterocycles. The van der Waals surface area contributed by atoms with Crippen molar-refractivity contribution in [1.82, 2.24) is 25.0 Å². The van der Waals surface area contributed by atoms with E-state index in [1.165, 1.54) is 31.2 Å². The van der Waals surface area contributed by atoms with Crippen LogP contribution in [0.15, 0.2) is 24.4 Å². The molecule has 2 aromatic heterocycles. The van der Waals surface area contributed by atoms with Crippen LogP contribution in [0, 0.1) is 11.7 Å². The normalized spacial score (nSPS) is 15.1. The molecule has 1 aliphatic carbocycles. The van der Waals surface area contributed by atoms with Crippen LogP contribution >= 0.6 is 0 Å². The van der Waals surface area contributed by atoms with Crippen molar-refractivity contribution in [3.05, 3.63) is 35.8 Å². The van der Waals surface area contributed by atoms with Crippen molar-refractivity contribution in [1.29, 1.82) is 0 Å².